The molecule has 0 saturated heterocycles. The molecule has 12 heavy (non-hydrogen) atoms. The fraction of sp³-hybridized carbons (Fsp3) is 0. The molecule has 1 aromatic rings. The van der Waals surface area contributed by atoms with Gasteiger partial charge in [-0.05, 0) is 53.9 Å². The zero-order valence-electron chi connectivity index (χ0n) is 5.55. The zero-order valence-corrected chi connectivity index (χ0v) is 10.3. The number of nitrogens with zero attached hydrogens (tertiary/aromatic N) is 1. The number of nitro benzene ring substituents is 1. The number of benzene rings is 1. The molecule has 1 aromatic carbocycles. The van der Waals surface area contributed by atoms with E-state index in [4.69, 9.17) is 0 Å². The lowest BCUT2D eigenvalue weighted by Crippen LogP contribution is -1.89. The highest BCUT2D eigenvalue weighted by molar-refractivity contribution is 9.14. The highest BCUT2D eigenvalue weighted by Crippen LogP contribution is 2.37. The Labute approximate surface area is 93.7 Å². The summed E-state index contributed by atoms with van der Waals surface area (Å²) >= 11 is 9.54. The van der Waals surface area contributed by atoms with Gasteiger partial charge < -0.3 is 0 Å². The van der Waals surface area contributed by atoms with E-state index in [0.717, 1.165) is 4.47 Å². The van der Waals surface area contributed by atoms with Crippen LogP contribution in [0.25, 0.3) is 0 Å². The molecule has 0 radical (unpaired) electrons. The van der Waals surface area contributed by atoms with E-state index in [1.807, 2.05) is 0 Å². The summed E-state index contributed by atoms with van der Waals surface area (Å²) in [7, 11) is 0. The van der Waals surface area contributed by atoms with Gasteiger partial charge in [0.25, 0.3) is 5.69 Å². The first-order valence-electron chi connectivity index (χ1n) is 2.82. The Morgan fingerprint density at radius 1 is 1.17 bits per heavy atom. The van der Waals surface area contributed by atoms with E-state index in [2.05, 4.69) is 47.8 Å². The molecule has 0 aliphatic heterocycles. The monoisotopic (exact) mass is 357 g/mol. The van der Waals surface area contributed by atoms with Crippen LogP contribution in [-0.2, 0) is 0 Å². The van der Waals surface area contributed by atoms with Crippen LogP contribution in [0.5, 0.6) is 0 Å². The van der Waals surface area contributed by atoms with E-state index >= 15 is 0 Å². The maximum Gasteiger partial charge on any atom is 0.284 e. The quantitative estimate of drug-likeness (QED) is 0.434. The topological polar surface area (TPSA) is 43.1 Å². The number of hydrogen-bond acceptors (Lipinski definition) is 2. The second kappa shape index (κ2) is 3.85. The van der Waals surface area contributed by atoms with E-state index in [-0.39, 0.29) is 5.69 Å². The average molecular weight is 360 g/mol. The Morgan fingerprint density at radius 3 is 2.25 bits per heavy atom. The molecule has 0 heterocycles. The summed E-state index contributed by atoms with van der Waals surface area (Å²) in [5, 5.41) is 10.4. The van der Waals surface area contributed by atoms with Crippen molar-refractivity contribution in [3.05, 3.63) is 35.7 Å². The Kier molecular flexibility index (Phi) is 3.25. The third kappa shape index (κ3) is 1.86. The minimum Gasteiger partial charge on any atom is -0.258 e. The smallest absolute Gasteiger partial charge is 0.258 e. The van der Waals surface area contributed by atoms with Gasteiger partial charge in [-0.1, -0.05) is 0 Å². The Morgan fingerprint density at radius 2 is 1.75 bits per heavy atom. The van der Waals surface area contributed by atoms with E-state index in [1.54, 1.807) is 6.07 Å². The van der Waals surface area contributed by atoms with Crippen LogP contribution in [0.15, 0.2) is 25.6 Å². The normalized spacial score (nSPS) is 9.92. The average Bonchev–Trinajstić information content (AvgIpc) is 2.00. The van der Waals surface area contributed by atoms with Gasteiger partial charge in [-0.25, -0.2) is 0 Å². The van der Waals surface area contributed by atoms with E-state index < -0.39 is 4.92 Å². The molecule has 64 valence electrons. The number of hydrogen-bond donors (Lipinski definition) is 0. The lowest BCUT2D eigenvalue weighted by atomic mass is 10.3. The third-order valence-electron chi connectivity index (χ3n) is 1.21. The molecule has 0 N–H and O–H groups in total. The van der Waals surface area contributed by atoms with Crippen molar-refractivity contribution in [3.8, 4) is 0 Å². The predicted octanol–water partition coefficient (Wildman–Crippen LogP) is 3.88. The number of rotatable bonds is 1. The van der Waals surface area contributed by atoms with Gasteiger partial charge in [0.05, 0.1) is 9.40 Å². The maximum atomic E-state index is 10.4. The molecule has 0 bridgehead atoms. The summed E-state index contributed by atoms with van der Waals surface area (Å²) in [4.78, 5) is 9.98. The molecule has 0 aromatic heterocycles. The van der Waals surface area contributed by atoms with Crippen molar-refractivity contribution in [2.45, 2.75) is 0 Å². The largest absolute Gasteiger partial charge is 0.284 e. The standard InChI is InChI=1S/C6H2Br3NO2/c7-3-1-2-4(10(11)12)6(9)5(3)8/h1-2H. The fourth-order valence-corrected chi connectivity index (χ4v) is 2.08. The van der Waals surface area contributed by atoms with Gasteiger partial charge in [0.2, 0.25) is 0 Å². The predicted molar refractivity (Wildman–Crippen MR) is 56.2 cm³/mol. The first-order chi connectivity index (χ1) is 5.54. The van der Waals surface area contributed by atoms with Crippen molar-refractivity contribution in [3.63, 3.8) is 0 Å². The summed E-state index contributed by atoms with van der Waals surface area (Å²) < 4.78 is 1.87. The Balaban J connectivity index is 3.36. The van der Waals surface area contributed by atoms with Gasteiger partial charge in [0, 0.05) is 10.5 Å². The molecule has 0 saturated carbocycles. The van der Waals surface area contributed by atoms with Crippen LogP contribution in [-0.4, -0.2) is 4.92 Å². The molecule has 0 aliphatic carbocycles. The van der Waals surface area contributed by atoms with Gasteiger partial charge in [-0.2, -0.15) is 0 Å². The van der Waals surface area contributed by atoms with Crippen LogP contribution >= 0.6 is 47.8 Å². The van der Waals surface area contributed by atoms with E-state index in [1.165, 1.54) is 6.07 Å². The molecule has 1 rings (SSSR count). The SMILES string of the molecule is O=[N+]([O-])c1ccc(Br)c(Br)c1Br. The van der Waals surface area contributed by atoms with Crippen LogP contribution < -0.4 is 0 Å². The molecular formula is C6H2Br3NO2. The van der Waals surface area contributed by atoms with Gasteiger partial charge in [-0.3, -0.25) is 10.1 Å². The zero-order chi connectivity index (χ0) is 9.30. The number of halogens is 3. The summed E-state index contributed by atoms with van der Waals surface area (Å²) in [6, 6.07) is 3.05. The van der Waals surface area contributed by atoms with Gasteiger partial charge in [0.1, 0.15) is 4.47 Å². The highest BCUT2D eigenvalue weighted by Gasteiger charge is 2.15. The van der Waals surface area contributed by atoms with Crippen molar-refractivity contribution in [2.24, 2.45) is 0 Å². The molecule has 0 aliphatic rings. The first-order valence-corrected chi connectivity index (χ1v) is 5.20. The van der Waals surface area contributed by atoms with Crippen molar-refractivity contribution in [2.75, 3.05) is 0 Å². The van der Waals surface area contributed by atoms with Crippen LogP contribution in [0.4, 0.5) is 5.69 Å². The van der Waals surface area contributed by atoms with Gasteiger partial charge in [0.15, 0.2) is 0 Å². The van der Waals surface area contributed by atoms with Crippen LogP contribution in [0, 0.1) is 10.1 Å². The molecule has 3 nitrogen and oxygen atoms in total. The molecular weight excluding hydrogens is 358 g/mol. The molecule has 0 fully saturated rings. The molecule has 0 unspecified atom stereocenters. The minimum absolute atomic E-state index is 0.0464. The summed E-state index contributed by atoms with van der Waals surface area (Å²) in [5.41, 5.74) is 0.0464. The van der Waals surface area contributed by atoms with Crippen LogP contribution in [0.2, 0.25) is 0 Å². The van der Waals surface area contributed by atoms with Crippen molar-refractivity contribution in [1.82, 2.24) is 0 Å². The summed E-state index contributed by atoms with van der Waals surface area (Å²) in [6.07, 6.45) is 0. The van der Waals surface area contributed by atoms with Crippen molar-refractivity contribution < 1.29 is 4.92 Å². The fourth-order valence-electron chi connectivity index (χ4n) is 0.657. The Bertz CT molecular complexity index is 340. The molecule has 6 heteroatoms. The Hall–Kier alpha value is 0.0600. The maximum absolute atomic E-state index is 10.4. The minimum atomic E-state index is -0.443. The lowest BCUT2D eigenvalue weighted by Gasteiger charge is -1.99. The highest BCUT2D eigenvalue weighted by atomic mass is 79.9. The van der Waals surface area contributed by atoms with E-state index in [0.29, 0.717) is 8.95 Å². The third-order valence-corrected chi connectivity index (χ3v) is 4.56. The van der Waals surface area contributed by atoms with Gasteiger partial charge in [-0.15, -0.1) is 0 Å². The lowest BCUT2D eigenvalue weighted by molar-refractivity contribution is -0.385. The second-order valence-corrected chi connectivity index (χ2v) is 4.39. The van der Waals surface area contributed by atoms with Crippen molar-refractivity contribution >= 4 is 53.5 Å². The first kappa shape index (κ1) is 10.1. The number of nitro groups is 1. The molecule has 0 spiro atoms. The van der Waals surface area contributed by atoms with Gasteiger partial charge >= 0.3 is 0 Å². The second-order valence-electron chi connectivity index (χ2n) is 1.95. The summed E-state index contributed by atoms with van der Waals surface area (Å²) in [6.45, 7) is 0. The van der Waals surface area contributed by atoms with Crippen molar-refractivity contribution in [1.29, 1.82) is 0 Å². The summed E-state index contributed by atoms with van der Waals surface area (Å²) in [5.74, 6) is 0. The molecule has 0 atom stereocenters. The van der Waals surface area contributed by atoms with E-state index in [9.17, 15) is 10.1 Å². The van der Waals surface area contributed by atoms with Crippen LogP contribution in [0.3, 0.4) is 0 Å². The molecule has 0 amide bonds. The van der Waals surface area contributed by atoms with Crippen LogP contribution in [0.1, 0.15) is 0 Å².